The van der Waals surface area contributed by atoms with E-state index in [4.69, 9.17) is 0 Å². The fourth-order valence-electron chi connectivity index (χ4n) is 8.24. The molecule has 0 aliphatic carbocycles. The highest BCUT2D eigenvalue weighted by atomic mass is 32.2. The molecule has 260 valence electrons. The lowest BCUT2D eigenvalue weighted by molar-refractivity contribution is -0.850. The molecule has 2 unspecified atom stereocenters. The van der Waals surface area contributed by atoms with Crippen molar-refractivity contribution in [1.29, 1.82) is 0 Å². The van der Waals surface area contributed by atoms with Gasteiger partial charge in [-0.15, -0.1) is 0 Å². The van der Waals surface area contributed by atoms with Crippen LogP contribution in [0.4, 0.5) is 11.4 Å². The van der Waals surface area contributed by atoms with Crippen molar-refractivity contribution in [3.8, 4) is 0 Å². The fraction of sp³-hybridized carbons (Fsp3) is 0.385. The summed E-state index contributed by atoms with van der Waals surface area (Å²) in [5.41, 5.74) is 5.28. The van der Waals surface area contributed by atoms with Crippen LogP contribution in [0.3, 0.4) is 0 Å². The molecule has 0 saturated heterocycles. The van der Waals surface area contributed by atoms with Gasteiger partial charge in [0, 0.05) is 47.1 Å². The van der Waals surface area contributed by atoms with Crippen molar-refractivity contribution in [2.75, 3.05) is 36.6 Å². The maximum atomic E-state index is 12.0. The number of hydrogen-bond donors (Lipinski definition) is 1. The van der Waals surface area contributed by atoms with Crippen molar-refractivity contribution < 1.29 is 30.5 Å². The Kier molecular flexibility index (Phi) is 9.58. The molecular formula is C39H46N2O6S2. The van der Waals surface area contributed by atoms with Gasteiger partial charge in [-0.05, 0) is 78.1 Å². The fourth-order valence-corrected chi connectivity index (χ4v) is 9.47. The van der Waals surface area contributed by atoms with E-state index < -0.39 is 20.2 Å². The van der Waals surface area contributed by atoms with Crippen molar-refractivity contribution in [1.82, 2.24) is 0 Å². The maximum absolute atomic E-state index is 12.0. The third kappa shape index (κ3) is 6.81. The van der Waals surface area contributed by atoms with Crippen LogP contribution in [0.1, 0.15) is 58.1 Å². The number of nitrogens with zero attached hydrogens (tertiary/aromatic N) is 1. The van der Waals surface area contributed by atoms with Gasteiger partial charge in [0.1, 0.15) is 11.7 Å². The Labute approximate surface area is 290 Å². The van der Waals surface area contributed by atoms with Crippen molar-refractivity contribution in [3.05, 3.63) is 108 Å². The SMILES string of the molecule is COS(=O)(=O)CCCCN1C(=CC=CC2[NH+](CCCS(=O)(=O)[O-])c3ccc4ccccc4c3C2(C)C)C(C)(C)c2c1ccc1ccccc21. The van der Waals surface area contributed by atoms with Gasteiger partial charge < -0.3 is 9.45 Å². The highest BCUT2D eigenvalue weighted by molar-refractivity contribution is 7.86. The molecule has 0 saturated carbocycles. The molecule has 49 heavy (non-hydrogen) atoms. The lowest BCUT2D eigenvalue weighted by Crippen LogP contribution is -3.10. The Morgan fingerprint density at radius 2 is 1.45 bits per heavy atom. The number of benzene rings is 4. The number of hydrogen-bond acceptors (Lipinski definition) is 7. The summed E-state index contributed by atoms with van der Waals surface area (Å²) < 4.78 is 63.4. The molecule has 0 spiro atoms. The predicted molar refractivity (Wildman–Crippen MR) is 197 cm³/mol. The zero-order valence-corrected chi connectivity index (χ0v) is 30.5. The number of unbranched alkanes of at least 4 members (excludes halogenated alkanes) is 1. The van der Waals surface area contributed by atoms with E-state index in [1.165, 1.54) is 34.4 Å². The highest BCUT2D eigenvalue weighted by Gasteiger charge is 2.49. The van der Waals surface area contributed by atoms with E-state index in [0.29, 0.717) is 25.9 Å². The normalized spacial score (nSPS) is 20.9. The van der Waals surface area contributed by atoms with Crippen LogP contribution in [0, 0.1) is 0 Å². The van der Waals surface area contributed by atoms with Gasteiger partial charge in [-0.2, -0.15) is 8.42 Å². The van der Waals surface area contributed by atoms with E-state index in [0.717, 1.165) is 27.4 Å². The predicted octanol–water partition coefficient (Wildman–Crippen LogP) is 6.10. The number of nitrogens with one attached hydrogen (secondary N) is 1. The zero-order chi connectivity index (χ0) is 35.2. The number of rotatable bonds is 12. The second kappa shape index (κ2) is 13.3. The first-order chi connectivity index (χ1) is 23.2. The summed E-state index contributed by atoms with van der Waals surface area (Å²) in [5.74, 6) is -0.413. The van der Waals surface area contributed by atoms with Gasteiger partial charge in [0.05, 0.1) is 34.9 Å². The highest BCUT2D eigenvalue weighted by Crippen LogP contribution is 2.51. The molecule has 4 aromatic rings. The van der Waals surface area contributed by atoms with Gasteiger partial charge in [-0.3, -0.25) is 9.08 Å². The lowest BCUT2D eigenvalue weighted by Gasteiger charge is -2.29. The standard InChI is InChI=1S/C39H46N2O6S2/c1-38(2)34(40(24-10-11-27-49(45,46)47-5)32-22-20-28-14-6-8-16-30(28)36(32)38)18-12-19-35-39(3,4)37-31-17-9-7-15-29(31)21-23-33(37)41(35)25-13-26-48(42,43)44/h6-9,12,14-23,35H,10-11,13,24-27H2,1-5H3,(H,42,43,44). The van der Waals surface area contributed by atoms with E-state index in [9.17, 15) is 21.4 Å². The summed E-state index contributed by atoms with van der Waals surface area (Å²) in [7, 11) is -6.65. The van der Waals surface area contributed by atoms with Crippen LogP contribution in [-0.4, -0.2) is 59.1 Å². The summed E-state index contributed by atoms with van der Waals surface area (Å²) in [4.78, 5) is 3.48. The first-order valence-corrected chi connectivity index (χ1v) is 20.1. The van der Waals surface area contributed by atoms with Crippen molar-refractivity contribution in [2.24, 2.45) is 0 Å². The number of fused-ring (bicyclic) bond motifs is 6. The first-order valence-electron chi connectivity index (χ1n) is 16.9. The molecule has 0 amide bonds. The quantitative estimate of drug-likeness (QED) is 0.108. The number of allylic oxidation sites excluding steroid dienone is 3. The zero-order valence-electron chi connectivity index (χ0n) is 28.9. The van der Waals surface area contributed by atoms with Crippen molar-refractivity contribution in [2.45, 2.75) is 63.8 Å². The minimum atomic E-state index is -4.32. The van der Waals surface area contributed by atoms with Gasteiger partial charge in [-0.1, -0.05) is 74.5 Å². The minimum Gasteiger partial charge on any atom is -0.748 e. The second-order valence-corrected chi connectivity index (χ2v) is 17.7. The third-order valence-electron chi connectivity index (χ3n) is 10.5. The average Bonchev–Trinajstić information content (AvgIpc) is 3.41. The molecular weight excluding hydrogens is 657 g/mol. The molecule has 0 bridgehead atoms. The van der Waals surface area contributed by atoms with Gasteiger partial charge in [0.2, 0.25) is 0 Å². The molecule has 4 aromatic carbocycles. The Bertz CT molecular complexity index is 2170. The smallest absolute Gasteiger partial charge is 0.267 e. The van der Waals surface area contributed by atoms with Crippen LogP contribution in [-0.2, 0) is 35.2 Å². The van der Waals surface area contributed by atoms with Gasteiger partial charge in [0.25, 0.3) is 10.1 Å². The number of quaternary nitrogens is 1. The molecule has 2 heterocycles. The molecule has 0 fully saturated rings. The number of anilines is 1. The Hall–Kier alpha value is -3.54. The summed E-state index contributed by atoms with van der Waals surface area (Å²) in [6.45, 7) is 10.2. The minimum absolute atomic E-state index is 0.0140. The van der Waals surface area contributed by atoms with E-state index in [-0.39, 0.29) is 34.8 Å². The van der Waals surface area contributed by atoms with Crippen LogP contribution >= 0.6 is 0 Å². The van der Waals surface area contributed by atoms with Crippen LogP contribution < -0.4 is 9.80 Å². The van der Waals surface area contributed by atoms with Crippen molar-refractivity contribution >= 4 is 53.2 Å². The van der Waals surface area contributed by atoms with E-state index >= 15 is 0 Å². The first kappa shape index (κ1) is 35.3. The van der Waals surface area contributed by atoms with Crippen molar-refractivity contribution in [3.63, 3.8) is 0 Å². The van der Waals surface area contributed by atoms with E-state index in [1.807, 2.05) is 6.07 Å². The lowest BCUT2D eigenvalue weighted by atomic mass is 9.78. The summed E-state index contributed by atoms with van der Waals surface area (Å²) >= 11 is 0. The molecule has 8 nitrogen and oxygen atoms in total. The monoisotopic (exact) mass is 702 g/mol. The third-order valence-corrected chi connectivity index (χ3v) is 12.6. The molecule has 6 rings (SSSR count). The maximum Gasteiger partial charge on any atom is 0.267 e. The van der Waals surface area contributed by atoms with Gasteiger partial charge in [0.15, 0.2) is 0 Å². The molecule has 2 aliphatic rings. The van der Waals surface area contributed by atoms with Crippen LogP contribution in [0.2, 0.25) is 0 Å². The van der Waals surface area contributed by atoms with Crippen LogP contribution in [0.5, 0.6) is 0 Å². The Balaban J connectivity index is 1.39. The largest absolute Gasteiger partial charge is 0.748 e. The molecule has 2 atom stereocenters. The van der Waals surface area contributed by atoms with E-state index in [1.54, 1.807) is 0 Å². The molecule has 0 radical (unpaired) electrons. The summed E-state index contributed by atoms with van der Waals surface area (Å²) in [6.07, 6.45) is 8.00. The molecule has 10 heteroatoms. The van der Waals surface area contributed by atoms with E-state index in [2.05, 4.69) is 122 Å². The molecule has 1 N–H and O–H groups in total. The summed E-state index contributed by atoms with van der Waals surface area (Å²) in [5, 5.41) is 4.73. The Morgan fingerprint density at radius 3 is 2.10 bits per heavy atom. The summed E-state index contributed by atoms with van der Waals surface area (Å²) in [6, 6.07) is 25.4. The van der Waals surface area contributed by atoms with Crippen LogP contribution in [0.15, 0.2) is 96.7 Å². The topological polar surface area (TPSA) is 108 Å². The van der Waals surface area contributed by atoms with Crippen LogP contribution in [0.25, 0.3) is 21.5 Å². The second-order valence-electron chi connectivity index (χ2n) is 14.3. The molecule has 0 aromatic heterocycles. The van der Waals surface area contributed by atoms with Gasteiger partial charge in [-0.25, -0.2) is 8.42 Å². The molecule has 2 aliphatic heterocycles. The Morgan fingerprint density at radius 1 is 0.816 bits per heavy atom. The average molecular weight is 703 g/mol. The van der Waals surface area contributed by atoms with Gasteiger partial charge >= 0.3 is 0 Å².